The number of halogens is 1. The molecule has 4 heteroatoms. The van der Waals surface area contributed by atoms with Gasteiger partial charge in [-0.2, -0.15) is 0 Å². The third kappa shape index (κ3) is 2.25. The zero-order chi connectivity index (χ0) is 14.8. The normalized spacial score (nSPS) is 14.5. The van der Waals surface area contributed by atoms with Gasteiger partial charge in [-0.3, -0.25) is 14.5 Å². The average molecular weight is 281 g/mol. The van der Waals surface area contributed by atoms with Gasteiger partial charge in [-0.15, -0.1) is 0 Å². The molecule has 104 valence electrons. The van der Waals surface area contributed by atoms with Gasteiger partial charge in [0.25, 0.3) is 11.8 Å². The summed E-state index contributed by atoms with van der Waals surface area (Å²) in [7, 11) is 0. The van der Waals surface area contributed by atoms with Crippen LogP contribution in [0.2, 0.25) is 0 Å². The lowest BCUT2D eigenvalue weighted by molar-refractivity contribution is 0.0674. The summed E-state index contributed by atoms with van der Waals surface area (Å²) in [5.41, 5.74) is 1.68. The fourth-order valence-corrected chi connectivity index (χ4v) is 2.39. The first-order chi connectivity index (χ1) is 10.2. The molecule has 0 radical (unpaired) electrons. The topological polar surface area (TPSA) is 37.4 Å². The Morgan fingerprint density at radius 1 is 0.905 bits per heavy atom. The molecule has 0 N–H and O–H groups in total. The fraction of sp³-hybridized carbons (Fsp3) is 0.0588. The molecule has 2 aromatic rings. The first-order valence-corrected chi connectivity index (χ1v) is 6.52. The minimum Gasteiger partial charge on any atom is -0.270 e. The second-order valence-electron chi connectivity index (χ2n) is 4.74. The molecule has 0 aromatic heterocycles. The zero-order valence-corrected chi connectivity index (χ0v) is 11.1. The molecule has 0 fully saturated rings. The summed E-state index contributed by atoms with van der Waals surface area (Å²) >= 11 is 0. The summed E-state index contributed by atoms with van der Waals surface area (Å²) in [6, 6.07) is 15.5. The van der Waals surface area contributed by atoms with Gasteiger partial charge in [0.2, 0.25) is 0 Å². The molecule has 0 saturated heterocycles. The maximum atomic E-state index is 13.2. The Morgan fingerprint density at radius 3 is 1.95 bits per heavy atom. The van der Waals surface area contributed by atoms with E-state index < -0.39 is 0 Å². The maximum Gasteiger partial charge on any atom is 0.261 e. The zero-order valence-electron chi connectivity index (χ0n) is 11.1. The number of amides is 2. The summed E-state index contributed by atoms with van der Waals surface area (Å²) in [6.45, 7) is -0.0765. The summed E-state index contributed by atoms with van der Waals surface area (Å²) in [5, 5.41) is 0. The Balaban J connectivity index is 1.90. The number of nitrogens with zero attached hydrogens (tertiary/aromatic N) is 1. The Labute approximate surface area is 121 Å². The van der Waals surface area contributed by atoms with E-state index in [0.717, 1.165) is 4.90 Å². The van der Waals surface area contributed by atoms with E-state index in [2.05, 4.69) is 0 Å². The maximum absolute atomic E-state index is 13.2. The molecular weight excluding hydrogens is 269 g/mol. The van der Waals surface area contributed by atoms with E-state index in [1.807, 2.05) is 6.07 Å². The van der Waals surface area contributed by atoms with Gasteiger partial charge in [0.05, 0.1) is 24.0 Å². The highest BCUT2D eigenvalue weighted by molar-refractivity contribution is 6.21. The van der Waals surface area contributed by atoms with Crippen LogP contribution in [0, 0.1) is 0 Å². The van der Waals surface area contributed by atoms with Crippen molar-refractivity contribution in [3.63, 3.8) is 0 Å². The molecule has 21 heavy (non-hydrogen) atoms. The van der Waals surface area contributed by atoms with E-state index >= 15 is 0 Å². The van der Waals surface area contributed by atoms with E-state index in [0.29, 0.717) is 28.6 Å². The van der Waals surface area contributed by atoms with Gasteiger partial charge in [0, 0.05) is 5.57 Å². The Hall–Kier alpha value is -2.75. The Morgan fingerprint density at radius 2 is 1.43 bits per heavy atom. The molecule has 3 rings (SSSR count). The van der Waals surface area contributed by atoms with Crippen LogP contribution in [-0.2, 0) is 0 Å². The number of fused-ring (bicyclic) bond motifs is 1. The fourth-order valence-electron chi connectivity index (χ4n) is 2.39. The summed E-state index contributed by atoms with van der Waals surface area (Å²) in [4.78, 5) is 25.6. The number of hydrogen-bond acceptors (Lipinski definition) is 2. The lowest BCUT2D eigenvalue weighted by atomic mass is 10.1. The SMILES string of the molecule is O=C1c2ccccc2C(=O)N1C/C(=C/F)c1ccccc1. The summed E-state index contributed by atoms with van der Waals surface area (Å²) in [6.07, 6.45) is 0.443. The predicted molar refractivity (Wildman–Crippen MR) is 77.3 cm³/mol. The van der Waals surface area contributed by atoms with Gasteiger partial charge in [-0.05, 0) is 17.7 Å². The molecule has 1 aliphatic rings. The summed E-state index contributed by atoms with van der Waals surface area (Å²) in [5.74, 6) is -0.767. The quantitative estimate of drug-likeness (QED) is 0.809. The first-order valence-electron chi connectivity index (χ1n) is 6.52. The number of rotatable bonds is 3. The van der Waals surface area contributed by atoms with E-state index in [1.54, 1.807) is 48.5 Å². The van der Waals surface area contributed by atoms with Crippen molar-refractivity contribution in [2.45, 2.75) is 0 Å². The number of carbonyl (C=O) groups is 2. The molecule has 0 unspecified atom stereocenters. The van der Waals surface area contributed by atoms with Gasteiger partial charge < -0.3 is 0 Å². The lowest BCUT2D eigenvalue weighted by Gasteiger charge is -2.15. The predicted octanol–water partition coefficient (Wildman–Crippen LogP) is 3.29. The van der Waals surface area contributed by atoms with Crippen LogP contribution < -0.4 is 0 Å². The Bertz CT molecular complexity index is 702. The second-order valence-corrected chi connectivity index (χ2v) is 4.74. The monoisotopic (exact) mass is 281 g/mol. The van der Waals surface area contributed by atoms with E-state index in [1.165, 1.54) is 0 Å². The molecule has 1 heterocycles. The molecular formula is C17H12FNO2. The van der Waals surface area contributed by atoms with Crippen molar-refractivity contribution in [2.24, 2.45) is 0 Å². The molecule has 0 aliphatic carbocycles. The van der Waals surface area contributed by atoms with Crippen molar-refractivity contribution in [2.75, 3.05) is 6.54 Å². The van der Waals surface area contributed by atoms with Gasteiger partial charge in [0.1, 0.15) is 0 Å². The smallest absolute Gasteiger partial charge is 0.261 e. The summed E-state index contributed by atoms with van der Waals surface area (Å²) < 4.78 is 13.2. The minimum atomic E-state index is -0.383. The van der Waals surface area contributed by atoms with Crippen molar-refractivity contribution >= 4 is 17.4 Å². The van der Waals surface area contributed by atoms with Crippen molar-refractivity contribution in [1.29, 1.82) is 0 Å². The van der Waals surface area contributed by atoms with Crippen LogP contribution in [-0.4, -0.2) is 23.3 Å². The molecule has 0 spiro atoms. The van der Waals surface area contributed by atoms with Crippen LogP contribution in [0.1, 0.15) is 26.3 Å². The molecule has 0 saturated carbocycles. The van der Waals surface area contributed by atoms with Gasteiger partial charge in [-0.25, -0.2) is 4.39 Å². The average Bonchev–Trinajstić information content (AvgIpc) is 2.78. The van der Waals surface area contributed by atoms with Crippen LogP contribution in [0.15, 0.2) is 60.9 Å². The lowest BCUT2D eigenvalue weighted by Crippen LogP contribution is -2.31. The van der Waals surface area contributed by atoms with Crippen LogP contribution in [0.25, 0.3) is 5.57 Å². The van der Waals surface area contributed by atoms with Crippen molar-refractivity contribution < 1.29 is 14.0 Å². The number of carbonyl (C=O) groups excluding carboxylic acids is 2. The van der Waals surface area contributed by atoms with E-state index in [9.17, 15) is 14.0 Å². The van der Waals surface area contributed by atoms with E-state index in [4.69, 9.17) is 0 Å². The second kappa shape index (κ2) is 5.32. The standard InChI is InChI=1S/C17H12FNO2/c18-10-13(12-6-2-1-3-7-12)11-19-16(20)14-8-4-5-9-15(14)17(19)21/h1-10H,11H2/b13-10-. The van der Waals surface area contributed by atoms with Crippen LogP contribution in [0.3, 0.4) is 0 Å². The molecule has 0 atom stereocenters. The van der Waals surface area contributed by atoms with Gasteiger partial charge >= 0.3 is 0 Å². The van der Waals surface area contributed by atoms with Crippen molar-refractivity contribution in [3.8, 4) is 0 Å². The van der Waals surface area contributed by atoms with Gasteiger partial charge in [-0.1, -0.05) is 42.5 Å². The van der Waals surface area contributed by atoms with Crippen LogP contribution in [0.5, 0.6) is 0 Å². The molecule has 2 amide bonds. The molecule has 3 nitrogen and oxygen atoms in total. The third-order valence-electron chi connectivity index (χ3n) is 3.48. The highest BCUT2D eigenvalue weighted by atomic mass is 19.1. The minimum absolute atomic E-state index is 0.0765. The number of benzene rings is 2. The Kier molecular flexibility index (Phi) is 3.36. The van der Waals surface area contributed by atoms with Crippen molar-refractivity contribution in [1.82, 2.24) is 4.90 Å². The third-order valence-corrected chi connectivity index (χ3v) is 3.48. The molecule has 0 bridgehead atoms. The van der Waals surface area contributed by atoms with Gasteiger partial charge in [0.15, 0.2) is 0 Å². The highest BCUT2D eigenvalue weighted by Crippen LogP contribution is 2.25. The van der Waals surface area contributed by atoms with Crippen molar-refractivity contribution in [3.05, 3.63) is 77.6 Å². The van der Waals surface area contributed by atoms with E-state index in [-0.39, 0.29) is 18.4 Å². The highest BCUT2D eigenvalue weighted by Gasteiger charge is 2.35. The molecule has 2 aromatic carbocycles. The largest absolute Gasteiger partial charge is 0.270 e. The molecule has 1 aliphatic heterocycles. The number of hydrogen-bond donors (Lipinski definition) is 0. The first kappa shape index (κ1) is 13.2. The van der Waals surface area contributed by atoms with Crippen LogP contribution in [0.4, 0.5) is 4.39 Å². The number of imide groups is 1. The van der Waals surface area contributed by atoms with Crippen LogP contribution >= 0.6 is 0 Å².